The van der Waals surface area contributed by atoms with Crippen LogP contribution < -0.4 is 5.73 Å². The van der Waals surface area contributed by atoms with E-state index in [0.29, 0.717) is 24.2 Å². The Hall–Kier alpha value is -1.07. The van der Waals surface area contributed by atoms with E-state index in [0.717, 1.165) is 25.4 Å². The van der Waals surface area contributed by atoms with Crippen molar-refractivity contribution in [2.75, 3.05) is 13.1 Å². The zero-order chi connectivity index (χ0) is 15.5. The van der Waals surface area contributed by atoms with Crippen molar-refractivity contribution < 1.29 is 4.79 Å². The Morgan fingerprint density at radius 2 is 2.14 bits per heavy atom. The van der Waals surface area contributed by atoms with E-state index in [-0.39, 0.29) is 5.91 Å². The number of nitrogens with zero attached hydrogens (tertiary/aromatic N) is 3. The third-order valence-corrected chi connectivity index (χ3v) is 5.58. The maximum absolute atomic E-state index is 12.6. The van der Waals surface area contributed by atoms with Crippen molar-refractivity contribution in [1.29, 1.82) is 0 Å². The van der Waals surface area contributed by atoms with Gasteiger partial charge < -0.3 is 15.2 Å². The lowest BCUT2D eigenvalue weighted by molar-refractivity contribution is -0.135. The van der Waals surface area contributed by atoms with E-state index < -0.39 is 6.04 Å². The second-order valence-electron chi connectivity index (χ2n) is 6.66. The third kappa shape index (κ3) is 3.46. The van der Waals surface area contributed by atoms with Crippen molar-refractivity contribution in [3.05, 3.63) is 17.7 Å². The molecule has 0 aromatic carbocycles. The molecule has 1 aliphatic heterocycles. The van der Waals surface area contributed by atoms with Gasteiger partial charge in [0.15, 0.2) is 0 Å². The van der Waals surface area contributed by atoms with Gasteiger partial charge in [0.1, 0.15) is 0 Å². The first kappa shape index (κ1) is 15.8. The number of carbonyl (C=O) groups is 1. The highest BCUT2D eigenvalue weighted by molar-refractivity contribution is 6.28. The maximum atomic E-state index is 12.6. The lowest BCUT2D eigenvalue weighted by Crippen LogP contribution is -2.50. The molecule has 122 valence electrons. The van der Waals surface area contributed by atoms with Gasteiger partial charge in [0.2, 0.25) is 11.2 Å². The molecule has 0 bridgehead atoms. The number of likely N-dealkylation sites (tertiary alicyclic amines) is 1. The van der Waals surface area contributed by atoms with Crippen LogP contribution in [0.25, 0.3) is 0 Å². The monoisotopic (exact) mass is 324 g/mol. The number of carbonyl (C=O) groups excluding carboxylic acids is 1. The van der Waals surface area contributed by atoms with Crippen molar-refractivity contribution in [2.45, 2.75) is 51.1 Å². The number of amides is 1. The van der Waals surface area contributed by atoms with Crippen molar-refractivity contribution in [3.63, 3.8) is 0 Å². The molecule has 2 heterocycles. The molecule has 6 heteroatoms. The quantitative estimate of drug-likeness (QED) is 0.924. The summed E-state index contributed by atoms with van der Waals surface area (Å²) in [7, 11) is 0. The maximum Gasteiger partial charge on any atom is 0.239 e. The highest BCUT2D eigenvalue weighted by atomic mass is 35.5. The molecule has 3 atom stereocenters. The van der Waals surface area contributed by atoms with Crippen LogP contribution in [0.15, 0.2) is 12.4 Å². The summed E-state index contributed by atoms with van der Waals surface area (Å²) in [5, 5.41) is 0.447. The van der Waals surface area contributed by atoms with Crippen LogP contribution in [0.5, 0.6) is 0 Å². The van der Waals surface area contributed by atoms with Crippen LogP contribution in [0.3, 0.4) is 0 Å². The van der Waals surface area contributed by atoms with Gasteiger partial charge in [-0.3, -0.25) is 4.79 Å². The van der Waals surface area contributed by atoms with Crippen molar-refractivity contribution in [3.8, 4) is 0 Å². The molecule has 0 spiro atoms. The molecule has 1 aromatic heterocycles. The molecule has 1 aromatic rings. The van der Waals surface area contributed by atoms with E-state index in [1.807, 2.05) is 15.7 Å². The van der Waals surface area contributed by atoms with Crippen LogP contribution in [0.4, 0.5) is 0 Å². The van der Waals surface area contributed by atoms with Crippen molar-refractivity contribution in [2.24, 2.45) is 17.6 Å². The minimum Gasteiger partial charge on any atom is -0.341 e. The molecule has 1 aliphatic carbocycles. The largest absolute Gasteiger partial charge is 0.341 e. The summed E-state index contributed by atoms with van der Waals surface area (Å²) in [5.41, 5.74) is 6.11. The minimum absolute atomic E-state index is 0.0975. The molecule has 5 nitrogen and oxygen atoms in total. The van der Waals surface area contributed by atoms with Gasteiger partial charge >= 0.3 is 0 Å². The number of aryl methyl sites for hydroxylation is 1. The molecule has 1 saturated carbocycles. The van der Waals surface area contributed by atoms with E-state index in [4.69, 9.17) is 17.3 Å². The van der Waals surface area contributed by atoms with Crippen LogP contribution in [0, 0.1) is 11.8 Å². The Balaban J connectivity index is 1.51. The average molecular weight is 325 g/mol. The molecule has 3 unspecified atom stereocenters. The molecular formula is C16H25ClN4O. The fraction of sp³-hybridized carbons (Fsp3) is 0.750. The van der Waals surface area contributed by atoms with E-state index in [1.54, 1.807) is 6.20 Å². The molecule has 22 heavy (non-hydrogen) atoms. The summed E-state index contributed by atoms with van der Waals surface area (Å²) >= 11 is 5.94. The molecule has 2 fully saturated rings. The average Bonchev–Trinajstić information content (AvgIpc) is 2.96. The smallest absolute Gasteiger partial charge is 0.239 e. The van der Waals surface area contributed by atoms with Crippen LogP contribution in [0.1, 0.15) is 38.5 Å². The summed E-state index contributed by atoms with van der Waals surface area (Å²) in [6.07, 6.45) is 10.5. The summed E-state index contributed by atoms with van der Waals surface area (Å²) in [6.45, 7) is 2.41. The zero-order valence-electron chi connectivity index (χ0n) is 13.0. The molecular weight excluding hydrogens is 300 g/mol. The predicted octanol–water partition coefficient (Wildman–Crippen LogP) is 2.29. The predicted molar refractivity (Wildman–Crippen MR) is 86.5 cm³/mol. The highest BCUT2D eigenvalue weighted by Crippen LogP contribution is 2.36. The van der Waals surface area contributed by atoms with Crippen LogP contribution in [-0.4, -0.2) is 39.5 Å². The van der Waals surface area contributed by atoms with Gasteiger partial charge in [0.25, 0.3) is 0 Å². The lowest BCUT2D eigenvalue weighted by Gasteiger charge is -2.42. The van der Waals surface area contributed by atoms with Gasteiger partial charge in [-0.25, -0.2) is 4.98 Å². The summed E-state index contributed by atoms with van der Waals surface area (Å²) in [5.74, 6) is 1.63. The first-order valence-corrected chi connectivity index (χ1v) is 8.74. The number of hydrogen-bond donors (Lipinski definition) is 1. The van der Waals surface area contributed by atoms with Gasteiger partial charge in [-0.05, 0) is 42.7 Å². The first-order chi connectivity index (χ1) is 10.6. The van der Waals surface area contributed by atoms with Crippen LogP contribution >= 0.6 is 11.6 Å². The van der Waals surface area contributed by atoms with E-state index in [1.165, 1.54) is 25.7 Å². The van der Waals surface area contributed by atoms with E-state index in [9.17, 15) is 4.79 Å². The Labute approximate surface area is 136 Å². The standard InChI is InChI=1S/C16H25ClN4O/c17-16-19-7-10-20(16)9-6-14(18)15(22)21-8-5-12-3-1-2-4-13(12)11-21/h7,10,12-14H,1-6,8-9,11,18H2. The van der Waals surface area contributed by atoms with Crippen molar-refractivity contribution >= 4 is 17.5 Å². The number of imidazole rings is 1. The number of nitrogens with two attached hydrogens (primary N) is 1. The zero-order valence-corrected chi connectivity index (χ0v) is 13.7. The Kier molecular flexibility index (Phi) is 5.03. The summed E-state index contributed by atoms with van der Waals surface area (Å²) in [4.78, 5) is 18.5. The fourth-order valence-corrected chi connectivity index (χ4v) is 4.11. The number of hydrogen-bond acceptors (Lipinski definition) is 3. The molecule has 2 aliphatic rings. The Bertz CT molecular complexity index is 518. The number of rotatable bonds is 4. The second-order valence-corrected chi connectivity index (χ2v) is 7.00. The van der Waals surface area contributed by atoms with E-state index in [2.05, 4.69) is 4.98 Å². The molecule has 3 rings (SSSR count). The number of aromatic nitrogens is 2. The third-order valence-electron chi connectivity index (χ3n) is 5.27. The first-order valence-electron chi connectivity index (χ1n) is 8.36. The lowest BCUT2D eigenvalue weighted by atomic mass is 9.75. The molecule has 0 radical (unpaired) electrons. The fourth-order valence-electron chi connectivity index (χ4n) is 3.91. The van der Waals surface area contributed by atoms with Gasteiger partial charge in [0.05, 0.1) is 6.04 Å². The van der Waals surface area contributed by atoms with E-state index >= 15 is 0 Å². The van der Waals surface area contributed by atoms with Crippen LogP contribution in [0.2, 0.25) is 5.28 Å². The highest BCUT2D eigenvalue weighted by Gasteiger charge is 2.34. The van der Waals surface area contributed by atoms with Gasteiger partial charge in [-0.1, -0.05) is 19.3 Å². The number of halogens is 1. The van der Waals surface area contributed by atoms with Gasteiger partial charge in [0, 0.05) is 32.0 Å². The molecule has 1 saturated heterocycles. The second kappa shape index (κ2) is 7.01. The number of piperidine rings is 1. The van der Waals surface area contributed by atoms with Crippen molar-refractivity contribution in [1.82, 2.24) is 14.5 Å². The SMILES string of the molecule is NC(CCn1ccnc1Cl)C(=O)N1CCC2CCCCC2C1. The summed E-state index contributed by atoms with van der Waals surface area (Å²) < 4.78 is 1.82. The molecule has 1 amide bonds. The minimum atomic E-state index is -0.446. The molecule has 2 N–H and O–H groups in total. The Morgan fingerprint density at radius 3 is 2.86 bits per heavy atom. The summed E-state index contributed by atoms with van der Waals surface area (Å²) in [6, 6.07) is -0.446. The Morgan fingerprint density at radius 1 is 1.36 bits per heavy atom. The van der Waals surface area contributed by atoms with Gasteiger partial charge in [-0.2, -0.15) is 0 Å². The van der Waals surface area contributed by atoms with Gasteiger partial charge in [-0.15, -0.1) is 0 Å². The number of fused-ring (bicyclic) bond motifs is 1. The van der Waals surface area contributed by atoms with Crippen LogP contribution in [-0.2, 0) is 11.3 Å². The normalized spacial score (nSPS) is 26.5. The topological polar surface area (TPSA) is 64.2 Å².